The average molecular weight is 279 g/mol. The Kier molecular flexibility index (Phi) is 3.85. The van der Waals surface area contributed by atoms with Crippen molar-refractivity contribution in [3.63, 3.8) is 0 Å². The van der Waals surface area contributed by atoms with Gasteiger partial charge in [-0.25, -0.2) is 9.97 Å². The number of nitrogens with one attached hydrogen (secondary N) is 1. The van der Waals surface area contributed by atoms with Crippen molar-refractivity contribution in [2.75, 3.05) is 0 Å². The van der Waals surface area contributed by atoms with Gasteiger partial charge in [0.25, 0.3) is 5.91 Å². The highest BCUT2D eigenvalue weighted by Gasteiger charge is 2.11. The maximum atomic E-state index is 11.9. The van der Waals surface area contributed by atoms with Crippen molar-refractivity contribution >= 4 is 17.5 Å². The molecule has 0 aliphatic carbocycles. The van der Waals surface area contributed by atoms with Gasteiger partial charge in [-0.15, -0.1) is 0 Å². The van der Waals surface area contributed by atoms with Gasteiger partial charge in [0, 0.05) is 18.9 Å². The fourth-order valence-corrected chi connectivity index (χ4v) is 1.82. The Morgan fingerprint density at radius 3 is 2.68 bits per heavy atom. The second-order valence-corrected chi connectivity index (χ2v) is 4.74. The van der Waals surface area contributed by atoms with Crippen LogP contribution < -0.4 is 5.32 Å². The Morgan fingerprint density at radius 2 is 2.16 bits per heavy atom. The third-order valence-electron chi connectivity index (χ3n) is 3.08. The summed E-state index contributed by atoms with van der Waals surface area (Å²) in [6.45, 7) is 4.31. The molecule has 5 nitrogen and oxygen atoms in total. The van der Waals surface area contributed by atoms with E-state index in [-0.39, 0.29) is 5.91 Å². The molecule has 0 saturated heterocycles. The second-order valence-electron chi connectivity index (χ2n) is 4.30. The van der Waals surface area contributed by atoms with E-state index in [1.54, 1.807) is 12.1 Å². The van der Waals surface area contributed by atoms with Crippen LogP contribution in [0.5, 0.6) is 0 Å². The summed E-state index contributed by atoms with van der Waals surface area (Å²) < 4.78 is 1.96. The average Bonchev–Trinajstić information content (AvgIpc) is 2.64. The molecule has 1 N–H and O–H groups in total. The molecule has 0 aliphatic rings. The smallest absolute Gasteiger partial charge is 0.270 e. The van der Waals surface area contributed by atoms with E-state index in [1.165, 1.54) is 6.20 Å². The van der Waals surface area contributed by atoms with Crippen LogP contribution in [0.1, 0.15) is 27.7 Å². The first-order valence-corrected chi connectivity index (χ1v) is 6.25. The number of nitrogens with zero attached hydrogens (tertiary/aromatic N) is 3. The molecular weight excluding hydrogens is 264 g/mol. The van der Waals surface area contributed by atoms with Crippen LogP contribution in [-0.4, -0.2) is 20.4 Å². The largest absolute Gasteiger partial charge is 0.343 e. The van der Waals surface area contributed by atoms with E-state index in [0.717, 1.165) is 17.2 Å². The number of aromatic nitrogens is 3. The standard InChI is InChI=1S/C13H15ClN4O/c1-8-9(2)18(3)12(17-8)7-16-13(19)11-5-4-10(14)6-15-11/h4-6H,7H2,1-3H3,(H,16,19). The van der Waals surface area contributed by atoms with Crippen LogP contribution in [0.3, 0.4) is 0 Å². The first kappa shape index (κ1) is 13.5. The summed E-state index contributed by atoms with van der Waals surface area (Å²) in [6.07, 6.45) is 1.45. The molecule has 0 fully saturated rings. The zero-order valence-electron chi connectivity index (χ0n) is 11.1. The maximum absolute atomic E-state index is 11.9. The third-order valence-corrected chi connectivity index (χ3v) is 3.30. The van der Waals surface area contributed by atoms with Crippen LogP contribution in [-0.2, 0) is 13.6 Å². The zero-order chi connectivity index (χ0) is 14.0. The molecule has 0 unspecified atom stereocenters. The van der Waals surface area contributed by atoms with Gasteiger partial charge in [0.1, 0.15) is 11.5 Å². The molecule has 0 bridgehead atoms. The quantitative estimate of drug-likeness (QED) is 0.934. The highest BCUT2D eigenvalue weighted by Crippen LogP contribution is 2.08. The summed E-state index contributed by atoms with van der Waals surface area (Å²) in [5.41, 5.74) is 2.40. The Morgan fingerprint density at radius 1 is 1.42 bits per heavy atom. The lowest BCUT2D eigenvalue weighted by Crippen LogP contribution is -2.25. The van der Waals surface area contributed by atoms with E-state index in [0.29, 0.717) is 17.3 Å². The molecule has 2 aromatic rings. The summed E-state index contributed by atoms with van der Waals surface area (Å²) in [4.78, 5) is 20.2. The molecule has 0 radical (unpaired) electrons. The molecule has 2 aromatic heterocycles. The SMILES string of the molecule is Cc1nc(CNC(=O)c2ccc(Cl)cn2)n(C)c1C. The van der Waals surface area contributed by atoms with Crippen LogP contribution in [0.25, 0.3) is 0 Å². The number of halogens is 1. The van der Waals surface area contributed by atoms with Gasteiger partial charge in [0.2, 0.25) is 0 Å². The fraction of sp³-hybridized carbons (Fsp3) is 0.308. The highest BCUT2D eigenvalue weighted by molar-refractivity contribution is 6.30. The lowest BCUT2D eigenvalue weighted by Gasteiger charge is -2.05. The number of imidazole rings is 1. The number of aryl methyl sites for hydroxylation is 1. The van der Waals surface area contributed by atoms with E-state index in [2.05, 4.69) is 15.3 Å². The van der Waals surface area contributed by atoms with Gasteiger partial charge in [-0.3, -0.25) is 4.79 Å². The van der Waals surface area contributed by atoms with Gasteiger partial charge in [-0.1, -0.05) is 11.6 Å². The minimum atomic E-state index is -0.241. The van der Waals surface area contributed by atoms with Gasteiger partial charge in [0.15, 0.2) is 0 Å². The predicted octanol–water partition coefficient (Wildman–Crippen LogP) is 2.02. The Hall–Kier alpha value is -1.88. The number of rotatable bonds is 3. The molecule has 0 spiro atoms. The summed E-state index contributed by atoms with van der Waals surface area (Å²) >= 11 is 5.72. The van der Waals surface area contributed by atoms with Crippen molar-refractivity contribution in [3.8, 4) is 0 Å². The van der Waals surface area contributed by atoms with Crippen LogP contribution in [0.4, 0.5) is 0 Å². The molecule has 100 valence electrons. The highest BCUT2D eigenvalue weighted by atomic mass is 35.5. The van der Waals surface area contributed by atoms with Crippen molar-refractivity contribution in [3.05, 3.63) is 46.3 Å². The van der Waals surface area contributed by atoms with Crippen molar-refractivity contribution in [1.82, 2.24) is 19.9 Å². The predicted molar refractivity (Wildman–Crippen MR) is 73.1 cm³/mol. The first-order chi connectivity index (χ1) is 8.99. The number of carbonyl (C=O) groups excluding carboxylic acids is 1. The lowest BCUT2D eigenvalue weighted by molar-refractivity contribution is 0.0944. The Labute approximate surface area is 116 Å². The molecule has 2 heterocycles. The molecule has 0 aromatic carbocycles. The summed E-state index contributed by atoms with van der Waals surface area (Å²) in [5.74, 6) is 0.576. The van der Waals surface area contributed by atoms with Gasteiger partial charge in [-0.2, -0.15) is 0 Å². The van der Waals surface area contributed by atoms with E-state index in [9.17, 15) is 4.79 Å². The van der Waals surface area contributed by atoms with Crippen LogP contribution in [0.2, 0.25) is 5.02 Å². The second kappa shape index (κ2) is 5.40. The third kappa shape index (κ3) is 2.93. The Bertz CT molecular complexity index is 604. The number of hydrogen-bond acceptors (Lipinski definition) is 3. The van der Waals surface area contributed by atoms with Gasteiger partial charge in [0.05, 0.1) is 17.3 Å². The molecule has 1 amide bonds. The van der Waals surface area contributed by atoms with Gasteiger partial charge >= 0.3 is 0 Å². The fourth-order valence-electron chi connectivity index (χ4n) is 1.70. The first-order valence-electron chi connectivity index (χ1n) is 5.87. The molecule has 0 atom stereocenters. The van der Waals surface area contributed by atoms with Gasteiger partial charge in [-0.05, 0) is 26.0 Å². The van der Waals surface area contributed by atoms with Crippen molar-refractivity contribution in [2.45, 2.75) is 20.4 Å². The number of hydrogen-bond donors (Lipinski definition) is 1. The monoisotopic (exact) mass is 278 g/mol. The molecule has 0 saturated carbocycles. The summed E-state index contributed by atoms with van der Waals surface area (Å²) in [5, 5.41) is 3.29. The lowest BCUT2D eigenvalue weighted by atomic mass is 10.3. The van der Waals surface area contributed by atoms with E-state index < -0.39 is 0 Å². The van der Waals surface area contributed by atoms with Gasteiger partial charge < -0.3 is 9.88 Å². The van der Waals surface area contributed by atoms with Crippen molar-refractivity contribution < 1.29 is 4.79 Å². The molecule has 2 rings (SSSR count). The van der Waals surface area contributed by atoms with Crippen molar-refractivity contribution in [2.24, 2.45) is 7.05 Å². The minimum absolute atomic E-state index is 0.241. The number of amides is 1. The van der Waals surface area contributed by atoms with Crippen LogP contribution in [0.15, 0.2) is 18.3 Å². The molecule has 6 heteroatoms. The number of carbonyl (C=O) groups is 1. The summed E-state index contributed by atoms with van der Waals surface area (Å²) in [6, 6.07) is 3.23. The normalized spacial score (nSPS) is 10.5. The minimum Gasteiger partial charge on any atom is -0.343 e. The van der Waals surface area contributed by atoms with Crippen LogP contribution >= 0.6 is 11.6 Å². The Balaban J connectivity index is 2.04. The van der Waals surface area contributed by atoms with E-state index in [4.69, 9.17) is 11.6 Å². The van der Waals surface area contributed by atoms with E-state index >= 15 is 0 Å². The molecular formula is C13H15ClN4O. The van der Waals surface area contributed by atoms with Crippen molar-refractivity contribution in [1.29, 1.82) is 0 Å². The summed E-state index contributed by atoms with van der Waals surface area (Å²) in [7, 11) is 1.93. The molecule has 19 heavy (non-hydrogen) atoms. The number of pyridine rings is 1. The molecule has 0 aliphatic heterocycles. The zero-order valence-corrected chi connectivity index (χ0v) is 11.8. The van der Waals surface area contributed by atoms with Crippen LogP contribution in [0, 0.1) is 13.8 Å². The topological polar surface area (TPSA) is 59.8 Å². The van der Waals surface area contributed by atoms with E-state index in [1.807, 2.05) is 25.5 Å². The maximum Gasteiger partial charge on any atom is 0.270 e.